The Morgan fingerprint density at radius 2 is 1.80 bits per heavy atom. The van der Waals surface area contributed by atoms with Crippen LogP contribution in [0.5, 0.6) is 17.2 Å². The molecule has 0 radical (unpaired) electrons. The molecule has 2 aromatic heterocycles. The summed E-state index contributed by atoms with van der Waals surface area (Å²) in [6.45, 7) is 14.8. The number of fused-ring (bicyclic) bond motifs is 2. The number of H-pyrrole nitrogens is 1. The van der Waals surface area contributed by atoms with Gasteiger partial charge >= 0.3 is 0 Å². The maximum atomic E-state index is 14.2. The van der Waals surface area contributed by atoms with E-state index < -0.39 is 25.7 Å². The molecule has 1 amide bonds. The summed E-state index contributed by atoms with van der Waals surface area (Å²) < 4.78 is 42.8. The van der Waals surface area contributed by atoms with Crippen LogP contribution in [0.15, 0.2) is 89.6 Å². The lowest BCUT2D eigenvalue weighted by Gasteiger charge is -2.47. The molecule has 5 heterocycles. The molecule has 364 valence electrons. The minimum Gasteiger partial charge on any atom is -0.493 e. The SMILES string of the molecule is C[C@@H]1CN(C[C@@H]2COc3cc(S(=O)(=O)NC(=O)c4ccc(N5CCN(CC6=C(c7ccc(Cl)cc7)CCC(C)(C)C6)CC5)cc4Oc4cnc5[nH]ccc5c4)cc([N+](=O)[O-])c3C2)CCN1C1CCC1. The highest BCUT2D eigenvalue weighted by atomic mass is 35.5. The number of hydrogen-bond donors (Lipinski definition) is 2. The van der Waals surface area contributed by atoms with Gasteiger partial charge < -0.3 is 24.3 Å². The van der Waals surface area contributed by atoms with Crippen molar-refractivity contribution >= 4 is 55.5 Å². The molecule has 0 unspecified atom stereocenters. The molecule has 5 aliphatic rings. The summed E-state index contributed by atoms with van der Waals surface area (Å²) >= 11 is 6.25. The third-order valence-corrected chi connectivity index (χ3v) is 16.6. The number of pyridine rings is 1. The lowest BCUT2D eigenvalue weighted by atomic mass is 9.73. The molecular weight excluding hydrogens is 916 g/mol. The predicted octanol–water partition coefficient (Wildman–Crippen LogP) is 8.93. The topological polar surface area (TPSA) is 166 Å². The number of carbonyl (C=O) groups is 1. The van der Waals surface area contributed by atoms with Gasteiger partial charge in [-0.05, 0) is 98.4 Å². The summed E-state index contributed by atoms with van der Waals surface area (Å²) in [5.74, 6) is -0.331. The van der Waals surface area contributed by atoms with Gasteiger partial charge in [-0.2, -0.15) is 0 Å². The van der Waals surface area contributed by atoms with Gasteiger partial charge in [0.1, 0.15) is 22.9 Å². The number of halogens is 1. The van der Waals surface area contributed by atoms with Crippen LogP contribution in [0.2, 0.25) is 5.02 Å². The number of nitrogens with zero attached hydrogens (tertiary/aromatic N) is 6. The van der Waals surface area contributed by atoms with E-state index in [2.05, 4.69) is 67.2 Å². The van der Waals surface area contributed by atoms with Crippen LogP contribution >= 0.6 is 11.6 Å². The van der Waals surface area contributed by atoms with Crippen LogP contribution in [0.25, 0.3) is 16.6 Å². The normalized spacial score (nSPS) is 21.7. The first-order valence-corrected chi connectivity index (χ1v) is 26.2. The van der Waals surface area contributed by atoms with Crippen molar-refractivity contribution in [2.24, 2.45) is 11.3 Å². The molecule has 1 saturated carbocycles. The molecule has 2 saturated heterocycles. The number of aromatic nitrogens is 2. The molecule has 15 nitrogen and oxygen atoms in total. The molecule has 69 heavy (non-hydrogen) atoms. The fraction of sp³-hybridized carbons (Fsp3) is 0.462. The van der Waals surface area contributed by atoms with Crippen molar-refractivity contribution in [3.8, 4) is 17.2 Å². The van der Waals surface area contributed by atoms with Crippen molar-refractivity contribution in [2.75, 3.05) is 70.4 Å². The van der Waals surface area contributed by atoms with Crippen LogP contribution in [-0.4, -0.2) is 122 Å². The monoisotopic (exact) mass is 976 g/mol. The second kappa shape index (κ2) is 19.3. The Balaban J connectivity index is 0.852. The van der Waals surface area contributed by atoms with Gasteiger partial charge in [0.25, 0.3) is 21.6 Å². The van der Waals surface area contributed by atoms with Gasteiger partial charge in [0, 0.05) is 117 Å². The maximum absolute atomic E-state index is 14.2. The summed E-state index contributed by atoms with van der Waals surface area (Å²) in [4.78, 5) is 43.0. The van der Waals surface area contributed by atoms with E-state index in [1.165, 1.54) is 48.2 Å². The first kappa shape index (κ1) is 47.2. The number of amides is 1. The molecule has 0 bridgehead atoms. The number of sulfonamides is 1. The summed E-state index contributed by atoms with van der Waals surface area (Å²) in [6, 6.07) is 20.4. The molecule has 3 aliphatic heterocycles. The molecule has 10 rings (SSSR count). The van der Waals surface area contributed by atoms with Crippen molar-refractivity contribution < 1.29 is 27.6 Å². The molecular formula is C52H61ClN8O7S. The first-order valence-electron chi connectivity index (χ1n) is 24.3. The van der Waals surface area contributed by atoms with E-state index in [9.17, 15) is 23.3 Å². The van der Waals surface area contributed by atoms with Gasteiger partial charge in [-0.1, -0.05) is 49.6 Å². The molecule has 17 heteroatoms. The fourth-order valence-electron chi connectivity index (χ4n) is 11.1. The fourth-order valence-corrected chi connectivity index (χ4v) is 12.2. The third-order valence-electron chi connectivity index (χ3n) is 15.0. The van der Waals surface area contributed by atoms with Gasteiger partial charge in [-0.25, -0.2) is 18.1 Å². The number of carbonyl (C=O) groups excluding carboxylic acids is 1. The Morgan fingerprint density at radius 3 is 2.54 bits per heavy atom. The van der Waals surface area contributed by atoms with Crippen molar-refractivity contribution in [1.82, 2.24) is 29.4 Å². The van der Waals surface area contributed by atoms with E-state index in [4.69, 9.17) is 21.1 Å². The predicted molar refractivity (Wildman–Crippen MR) is 268 cm³/mol. The summed E-state index contributed by atoms with van der Waals surface area (Å²) in [5.41, 5.74) is 5.79. The van der Waals surface area contributed by atoms with Gasteiger partial charge in [-0.3, -0.25) is 24.7 Å². The highest BCUT2D eigenvalue weighted by molar-refractivity contribution is 7.90. The van der Waals surface area contributed by atoms with Gasteiger partial charge in [0.15, 0.2) is 0 Å². The lowest BCUT2D eigenvalue weighted by molar-refractivity contribution is -0.386. The highest BCUT2D eigenvalue weighted by Crippen LogP contribution is 2.43. The van der Waals surface area contributed by atoms with Gasteiger partial charge in [-0.15, -0.1) is 0 Å². The van der Waals surface area contributed by atoms with Crippen LogP contribution in [0.3, 0.4) is 0 Å². The summed E-state index contributed by atoms with van der Waals surface area (Å²) in [6.07, 6.45) is 10.7. The van der Waals surface area contributed by atoms with Crippen LogP contribution < -0.4 is 19.1 Å². The Kier molecular flexibility index (Phi) is 13.2. The van der Waals surface area contributed by atoms with Crippen LogP contribution in [0, 0.1) is 21.4 Å². The standard InChI is InChI=1S/C52H61ClN8O7S/c1-34-30-58(19-22-60(34)40-5-4-6-40)31-35-23-46-47(61(63)64)26-43(27-48(46)67-33-35)69(65,66)56-51(62)45-12-11-41(25-49(45)68-42-24-37-14-16-54-50(37)55-29-42)59-20-17-57(18-21-59)32-38-28-52(2,3)15-13-44(38)36-7-9-39(53)10-8-36/h7-12,14,16,24-27,29,34-35,40H,4-6,13,15,17-23,28,30-33H2,1-3H3,(H,54,55)(H,56,62)/t34-,35-/m1/s1. The zero-order valence-corrected chi connectivity index (χ0v) is 41.2. The van der Waals surface area contributed by atoms with Crippen molar-refractivity contribution in [2.45, 2.75) is 82.7 Å². The molecule has 2 atom stereocenters. The number of nitrogens with one attached hydrogen (secondary N) is 2. The minimum absolute atomic E-state index is 0.0000351. The number of rotatable bonds is 13. The summed E-state index contributed by atoms with van der Waals surface area (Å²) in [5, 5.41) is 14.1. The highest BCUT2D eigenvalue weighted by Gasteiger charge is 2.37. The molecule has 2 N–H and O–H groups in total. The number of nitro benzene ring substituents is 1. The van der Waals surface area contributed by atoms with Crippen LogP contribution in [0.1, 0.15) is 80.8 Å². The Labute approximate surface area is 409 Å². The van der Waals surface area contributed by atoms with E-state index in [0.29, 0.717) is 42.1 Å². The number of hydrogen-bond acceptors (Lipinski definition) is 12. The molecule has 0 spiro atoms. The number of aromatic amines is 1. The number of ether oxygens (including phenoxy) is 2. The minimum atomic E-state index is -4.63. The van der Waals surface area contributed by atoms with Crippen LogP contribution in [-0.2, 0) is 16.4 Å². The molecule has 3 fully saturated rings. The van der Waals surface area contributed by atoms with Crippen molar-refractivity contribution in [3.63, 3.8) is 0 Å². The lowest BCUT2D eigenvalue weighted by Crippen LogP contribution is -2.57. The number of benzene rings is 3. The van der Waals surface area contributed by atoms with E-state index in [1.54, 1.807) is 30.5 Å². The van der Waals surface area contributed by atoms with E-state index >= 15 is 0 Å². The quantitative estimate of drug-likeness (QED) is 0.0851. The second-order valence-corrected chi connectivity index (χ2v) is 22.6. The van der Waals surface area contributed by atoms with Crippen LogP contribution in [0.4, 0.5) is 11.4 Å². The number of nitro groups is 1. The Bertz CT molecular complexity index is 2890. The maximum Gasteiger partial charge on any atom is 0.277 e. The van der Waals surface area contributed by atoms with E-state index in [-0.39, 0.29) is 34.1 Å². The molecule has 2 aliphatic carbocycles. The Morgan fingerprint density at radius 1 is 1.01 bits per heavy atom. The largest absolute Gasteiger partial charge is 0.493 e. The van der Waals surface area contributed by atoms with Gasteiger partial charge in [0.05, 0.1) is 33.7 Å². The average Bonchev–Trinajstić information content (AvgIpc) is 3.77. The Hall–Kier alpha value is -5.52. The summed E-state index contributed by atoms with van der Waals surface area (Å²) in [7, 11) is -4.63. The zero-order valence-electron chi connectivity index (χ0n) is 39.6. The van der Waals surface area contributed by atoms with Crippen molar-refractivity contribution in [1.29, 1.82) is 0 Å². The first-order chi connectivity index (χ1) is 33.1. The second-order valence-electron chi connectivity index (χ2n) is 20.5. The smallest absolute Gasteiger partial charge is 0.277 e. The van der Waals surface area contributed by atoms with Crippen molar-refractivity contribution in [3.05, 3.63) is 117 Å². The molecule has 5 aromatic rings. The van der Waals surface area contributed by atoms with E-state index in [0.717, 1.165) is 100 Å². The molecule has 3 aromatic carbocycles. The average molecular weight is 978 g/mol. The zero-order chi connectivity index (χ0) is 48.0. The third kappa shape index (κ3) is 10.4. The number of allylic oxidation sites excluding steroid dienone is 1. The number of piperazine rings is 2. The van der Waals surface area contributed by atoms with E-state index in [1.807, 2.05) is 18.2 Å². The van der Waals surface area contributed by atoms with Gasteiger partial charge in [0.2, 0.25) is 0 Å². The number of anilines is 1.